The molecule has 2 rings (SSSR count). The molecule has 1 amide bonds. The van der Waals surface area contributed by atoms with Crippen LogP contribution in [0.5, 0.6) is 0 Å². The average Bonchev–Trinajstić information content (AvgIpc) is 2.62. The van der Waals surface area contributed by atoms with E-state index in [-0.39, 0.29) is 11.4 Å². The van der Waals surface area contributed by atoms with Crippen molar-refractivity contribution in [3.63, 3.8) is 0 Å². The zero-order valence-corrected chi connectivity index (χ0v) is 16.9. The number of ether oxygens (including phenoxy) is 1. The van der Waals surface area contributed by atoms with Crippen molar-refractivity contribution in [1.29, 1.82) is 0 Å². The van der Waals surface area contributed by atoms with Crippen molar-refractivity contribution in [2.75, 3.05) is 79.2 Å². The molecule has 0 aromatic heterocycles. The van der Waals surface area contributed by atoms with Crippen LogP contribution in [-0.2, 0) is 9.53 Å². The summed E-state index contributed by atoms with van der Waals surface area (Å²) in [5.41, 5.74) is 0.129. The Hall–Kier alpha value is -1.38. The van der Waals surface area contributed by atoms with Gasteiger partial charge in [0.1, 0.15) is 0 Å². The molecule has 0 aromatic rings. The minimum absolute atomic E-state index is 0.129. The van der Waals surface area contributed by atoms with Crippen LogP contribution < -0.4 is 10.6 Å². The number of morpholine rings is 1. The maximum absolute atomic E-state index is 12.4. The van der Waals surface area contributed by atoms with Gasteiger partial charge in [-0.05, 0) is 20.8 Å². The van der Waals surface area contributed by atoms with Crippen LogP contribution >= 0.6 is 0 Å². The SMILES string of the molecule is CN=C(NCCNC(C)(C)C)N1CCN(CC(=O)N2CCOCC2)CC1. The molecule has 0 bridgehead atoms. The Kier molecular flexibility index (Phi) is 8.12. The zero-order valence-electron chi connectivity index (χ0n) is 16.9. The molecule has 2 saturated heterocycles. The summed E-state index contributed by atoms with van der Waals surface area (Å²) in [5, 5.41) is 6.89. The van der Waals surface area contributed by atoms with Gasteiger partial charge in [0.15, 0.2) is 5.96 Å². The van der Waals surface area contributed by atoms with E-state index in [0.29, 0.717) is 19.8 Å². The lowest BCUT2D eigenvalue weighted by Gasteiger charge is -2.37. The van der Waals surface area contributed by atoms with Gasteiger partial charge in [-0.15, -0.1) is 0 Å². The molecule has 0 spiro atoms. The van der Waals surface area contributed by atoms with Gasteiger partial charge in [-0.25, -0.2) is 0 Å². The van der Waals surface area contributed by atoms with Crippen molar-refractivity contribution in [2.45, 2.75) is 26.3 Å². The normalized spacial score (nSPS) is 20.4. The van der Waals surface area contributed by atoms with Gasteiger partial charge in [-0.1, -0.05) is 0 Å². The highest BCUT2D eigenvalue weighted by molar-refractivity contribution is 5.80. The molecule has 0 saturated carbocycles. The molecular formula is C18H36N6O2. The number of carbonyl (C=O) groups excluding carboxylic acids is 1. The van der Waals surface area contributed by atoms with Gasteiger partial charge in [-0.3, -0.25) is 14.7 Å². The molecule has 0 aliphatic carbocycles. The number of hydrogen-bond donors (Lipinski definition) is 2. The molecule has 150 valence electrons. The molecule has 0 unspecified atom stereocenters. The third-order valence-electron chi connectivity index (χ3n) is 4.67. The second kappa shape index (κ2) is 10.1. The Bertz CT molecular complexity index is 463. The van der Waals surface area contributed by atoms with Crippen LogP contribution in [0.2, 0.25) is 0 Å². The van der Waals surface area contributed by atoms with Crippen LogP contribution in [0, 0.1) is 0 Å². The van der Waals surface area contributed by atoms with E-state index in [1.807, 2.05) is 11.9 Å². The Morgan fingerprint density at radius 1 is 1.00 bits per heavy atom. The standard InChI is InChI=1S/C18H36N6O2/c1-18(2,3)21-6-5-20-17(19-4)24-9-7-22(8-10-24)15-16(25)23-11-13-26-14-12-23/h21H,5-15H2,1-4H3,(H,19,20). The second-order valence-electron chi connectivity index (χ2n) is 7.91. The summed E-state index contributed by atoms with van der Waals surface area (Å²) in [5.74, 6) is 1.16. The summed E-state index contributed by atoms with van der Waals surface area (Å²) in [7, 11) is 1.83. The van der Waals surface area contributed by atoms with E-state index in [1.54, 1.807) is 0 Å². The molecule has 8 heteroatoms. The van der Waals surface area contributed by atoms with Gasteiger partial charge in [-0.2, -0.15) is 0 Å². The fraction of sp³-hybridized carbons (Fsp3) is 0.889. The van der Waals surface area contributed by atoms with Crippen molar-refractivity contribution < 1.29 is 9.53 Å². The van der Waals surface area contributed by atoms with Crippen molar-refractivity contribution in [3.8, 4) is 0 Å². The summed E-state index contributed by atoms with van der Waals surface area (Å²) in [6.45, 7) is 15.1. The van der Waals surface area contributed by atoms with Crippen LogP contribution in [0.4, 0.5) is 0 Å². The third-order valence-corrected chi connectivity index (χ3v) is 4.67. The summed E-state index contributed by atoms with van der Waals surface area (Å²) in [6.07, 6.45) is 0. The Balaban J connectivity index is 1.68. The first-order valence-electron chi connectivity index (χ1n) is 9.67. The van der Waals surface area contributed by atoms with Crippen molar-refractivity contribution in [2.24, 2.45) is 4.99 Å². The van der Waals surface area contributed by atoms with Gasteiger partial charge in [0.05, 0.1) is 19.8 Å². The monoisotopic (exact) mass is 368 g/mol. The summed E-state index contributed by atoms with van der Waals surface area (Å²) in [4.78, 5) is 23.2. The van der Waals surface area contributed by atoms with E-state index in [1.165, 1.54) is 0 Å². The Morgan fingerprint density at radius 3 is 2.23 bits per heavy atom. The van der Waals surface area contributed by atoms with Crippen LogP contribution in [0.25, 0.3) is 0 Å². The van der Waals surface area contributed by atoms with Crippen molar-refractivity contribution in [3.05, 3.63) is 0 Å². The molecule has 26 heavy (non-hydrogen) atoms. The highest BCUT2D eigenvalue weighted by atomic mass is 16.5. The van der Waals surface area contributed by atoms with Crippen molar-refractivity contribution >= 4 is 11.9 Å². The lowest BCUT2D eigenvalue weighted by molar-refractivity contribution is -0.136. The molecule has 2 aliphatic heterocycles. The summed E-state index contributed by atoms with van der Waals surface area (Å²) < 4.78 is 5.31. The average molecular weight is 369 g/mol. The fourth-order valence-electron chi connectivity index (χ4n) is 3.17. The van der Waals surface area contributed by atoms with Crippen LogP contribution in [0.3, 0.4) is 0 Å². The molecule has 2 N–H and O–H groups in total. The van der Waals surface area contributed by atoms with Crippen LogP contribution in [0.1, 0.15) is 20.8 Å². The van der Waals surface area contributed by atoms with Gasteiger partial charge < -0.3 is 25.2 Å². The summed E-state index contributed by atoms with van der Waals surface area (Å²) in [6, 6.07) is 0. The number of rotatable bonds is 5. The minimum atomic E-state index is 0.129. The van der Waals surface area contributed by atoms with E-state index in [9.17, 15) is 4.79 Å². The minimum Gasteiger partial charge on any atom is -0.378 e. The number of nitrogens with one attached hydrogen (secondary N) is 2. The lowest BCUT2D eigenvalue weighted by atomic mass is 10.1. The smallest absolute Gasteiger partial charge is 0.236 e. The number of aliphatic imine (C=N–C) groups is 1. The van der Waals surface area contributed by atoms with Gasteiger partial charge in [0.2, 0.25) is 5.91 Å². The largest absolute Gasteiger partial charge is 0.378 e. The topological polar surface area (TPSA) is 72.4 Å². The molecule has 2 heterocycles. The van der Waals surface area contributed by atoms with E-state index in [4.69, 9.17) is 4.74 Å². The molecule has 0 radical (unpaired) electrons. The first-order chi connectivity index (χ1) is 12.4. The zero-order chi connectivity index (χ0) is 19.0. The summed E-state index contributed by atoms with van der Waals surface area (Å²) >= 11 is 0. The predicted octanol–water partition coefficient (Wildman–Crippen LogP) is -0.574. The molecule has 2 aliphatic rings. The number of carbonyl (C=O) groups is 1. The second-order valence-corrected chi connectivity index (χ2v) is 7.91. The predicted molar refractivity (Wildman–Crippen MR) is 105 cm³/mol. The third kappa shape index (κ3) is 7.09. The first-order valence-corrected chi connectivity index (χ1v) is 9.67. The lowest BCUT2D eigenvalue weighted by Crippen LogP contribution is -2.55. The number of nitrogens with zero attached hydrogens (tertiary/aromatic N) is 4. The maximum Gasteiger partial charge on any atom is 0.236 e. The fourth-order valence-corrected chi connectivity index (χ4v) is 3.17. The molecule has 8 nitrogen and oxygen atoms in total. The molecule has 0 aromatic carbocycles. The Labute approximate surface area is 157 Å². The van der Waals surface area contributed by atoms with E-state index < -0.39 is 0 Å². The van der Waals surface area contributed by atoms with Gasteiger partial charge in [0.25, 0.3) is 0 Å². The van der Waals surface area contributed by atoms with E-state index in [2.05, 4.69) is 46.2 Å². The van der Waals surface area contributed by atoms with Crippen LogP contribution in [-0.4, -0.2) is 111 Å². The molecule has 0 atom stereocenters. The quantitative estimate of drug-likeness (QED) is 0.385. The number of guanidine groups is 1. The van der Waals surface area contributed by atoms with Crippen molar-refractivity contribution in [1.82, 2.24) is 25.3 Å². The number of hydrogen-bond acceptors (Lipinski definition) is 5. The number of piperazine rings is 1. The Morgan fingerprint density at radius 2 is 1.65 bits per heavy atom. The highest BCUT2D eigenvalue weighted by Gasteiger charge is 2.24. The molecular weight excluding hydrogens is 332 g/mol. The van der Waals surface area contributed by atoms with Crippen LogP contribution in [0.15, 0.2) is 4.99 Å². The highest BCUT2D eigenvalue weighted by Crippen LogP contribution is 2.05. The van der Waals surface area contributed by atoms with Gasteiger partial charge >= 0.3 is 0 Å². The van der Waals surface area contributed by atoms with E-state index in [0.717, 1.165) is 58.3 Å². The maximum atomic E-state index is 12.4. The van der Waals surface area contributed by atoms with Gasteiger partial charge in [0, 0.05) is 64.9 Å². The molecule has 2 fully saturated rings. The number of amides is 1. The first kappa shape index (κ1) is 20.9. The van der Waals surface area contributed by atoms with E-state index >= 15 is 0 Å².